The molecule has 1 unspecified atom stereocenters. The van der Waals surface area contributed by atoms with E-state index in [1.807, 2.05) is 35.9 Å². The van der Waals surface area contributed by atoms with Crippen LogP contribution in [0.3, 0.4) is 0 Å². The molecule has 0 aliphatic heterocycles. The smallest absolute Gasteiger partial charge is 0.242 e. The van der Waals surface area contributed by atoms with Gasteiger partial charge in [-0.15, -0.1) is 0 Å². The molecule has 1 N–H and O–H groups in total. The second kappa shape index (κ2) is 10.1. The van der Waals surface area contributed by atoms with Crippen LogP contribution >= 0.6 is 0 Å². The van der Waals surface area contributed by atoms with E-state index in [9.17, 15) is 8.42 Å². The molecule has 0 spiro atoms. The van der Waals surface area contributed by atoms with Gasteiger partial charge in [0.15, 0.2) is 0 Å². The van der Waals surface area contributed by atoms with Crippen LogP contribution in [0.25, 0.3) is 16.9 Å². The number of aryl methyl sites for hydroxylation is 3. The molecule has 7 nitrogen and oxygen atoms in total. The van der Waals surface area contributed by atoms with Gasteiger partial charge in [0.05, 0.1) is 22.8 Å². The average Bonchev–Trinajstić information content (AvgIpc) is 3.56. The van der Waals surface area contributed by atoms with Gasteiger partial charge >= 0.3 is 0 Å². The van der Waals surface area contributed by atoms with Crippen LogP contribution in [0, 0.1) is 20.8 Å². The Kier molecular flexibility index (Phi) is 6.76. The summed E-state index contributed by atoms with van der Waals surface area (Å²) in [4.78, 5) is 3.90. The van der Waals surface area contributed by atoms with Crippen molar-refractivity contribution >= 4 is 9.84 Å². The molecule has 0 saturated carbocycles. The largest absolute Gasteiger partial charge is 0.250 e. The molecule has 0 aliphatic rings. The number of aromatic amines is 1. The van der Waals surface area contributed by atoms with Crippen molar-refractivity contribution in [3.63, 3.8) is 0 Å². The lowest BCUT2D eigenvalue weighted by Crippen LogP contribution is -2.18. The maximum Gasteiger partial charge on any atom is 0.242 e. The van der Waals surface area contributed by atoms with Gasteiger partial charge < -0.3 is 0 Å². The molecule has 0 saturated heterocycles. The Hall–Kier alpha value is -4.04. The van der Waals surface area contributed by atoms with Gasteiger partial charge in [-0.25, -0.2) is 18.1 Å². The Labute approximate surface area is 217 Å². The summed E-state index contributed by atoms with van der Waals surface area (Å²) >= 11 is 0. The van der Waals surface area contributed by atoms with E-state index in [0.717, 1.165) is 33.8 Å². The lowest BCUT2D eigenvalue weighted by atomic mass is 9.94. The fraction of sp³-hybridized carbons (Fsp3) is 0.207. The third kappa shape index (κ3) is 5.54. The number of sulfone groups is 1. The van der Waals surface area contributed by atoms with E-state index >= 15 is 0 Å². The van der Waals surface area contributed by atoms with Crippen molar-refractivity contribution in [3.8, 4) is 16.9 Å². The van der Waals surface area contributed by atoms with Crippen LogP contribution < -0.4 is 0 Å². The maximum atomic E-state index is 13.2. The number of H-pyrrole nitrogens is 1. The van der Waals surface area contributed by atoms with E-state index in [-0.39, 0.29) is 16.8 Å². The van der Waals surface area contributed by atoms with Crippen LogP contribution in [0.5, 0.6) is 0 Å². The van der Waals surface area contributed by atoms with Gasteiger partial charge in [0.2, 0.25) is 15.0 Å². The minimum atomic E-state index is -3.68. The molecular weight excluding hydrogens is 482 g/mol. The van der Waals surface area contributed by atoms with Crippen molar-refractivity contribution in [2.45, 2.75) is 38.3 Å². The molecule has 188 valence electrons. The SMILES string of the molecule is Cc1ccc(-c2cc(CC(CS(=O)(=O)c3ncn[nH]3)c3cccc(C)c3)nn2-c2ccc(C)cc2)cc1. The topological polar surface area (TPSA) is 93.5 Å². The maximum absolute atomic E-state index is 13.2. The molecule has 2 heterocycles. The zero-order chi connectivity index (χ0) is 26.0. The summed E-state index contributed by atoms with van der Waals surface area (Å²) in [5, 5.41) is 11.1. The first-order valence-electron chi connectivity index (χ1n) is 12.2. The van der Waals surface area contributed by atoms with E-state index in [1.54, 1.807) is 0 Å². The molecule has 0 radical (unpaired) electrons. The van der Waals surface area contributed by atoms with Crippen LogP contribution in [0.2, 0.25) is 0 Å². The minimum Gasteiger partial charge on any atom is -0.250 e. The van der Waals surface area contributed by atoms with Crippen LogP contribution in [0.15, 0.2) is 90.3 Å². The lowest BCUT2D eigenvalue weighted by Gasteiger charge is -2.16. The van der Waals surface area contributed by atoms with Gasteiger partial charge in [-0.05, 0) is 51.0 Å². The normalized spacial score (nSPS) is 12.5. The molecule has 0 aliphatic carbocycles. The summed E-state index contributed by atoms with van der Waals surface area (Å²) in [7, 11) is -3.68. The quantitative estimate of drug-likeness (QED) is 0.302. The highest BCUT2D eigenvalue weighted by atomic mass is 32.2. The van der Waals surface area contributed by atoms with E-state index in [4.69, 9.17) is 5.10 Å². The number of rotatable bonds is 8. The standard InChI is InChI=1S/C29H29N5O2S/c1-20-7-11-23(12-8-20)28-17-26(33-34(28)27-13-9-21(2)10-14-27)16-25(24-6-4-5-22(3)15-24)18-37(35,36)29-30-19-31-32-29/h4-15,17,19,25H,16,18H2,1-3H3,(H,30,31,32). The van der Waals surface area contributed by atoms with Crippen molar-refractivity contribution in [2.75, 3.05) is 5.75 Å². The molecular formula is C29H29N5O2S. The zero-order valence-electron chi connectivity index (χ0n) is 21.1. The van der Waals surface area contributed by atoms with Crippen LogP contribution in [0.1, 0.15) is 33.9 Å². The molecule has 0 fully saturated rings. The van der Waals surface area contributed by atoms with Crippen molar-refractivity contribution in [2.24, 2.45) is 0 Å². The summed E-state index contributed by atoms with van der Waals surface area (Å²) in [5.74, 6) is -0.426. The number of hydrogen-bond acceptors (Lipinski definition) is 5. The molecule has 37 heavy (non-hydrogen) atoms. The minimum absolute atomic E-state index is 0.108. The fourth-order valence-electron chi connectivity index (χ4n) is 4.48. The Morgan fingerprint density at radius 1 is 0.865 bits per heavy atom. The third-order valence-electron chi connectivity index (χ3n) is 6.46. The number of aromatic nitrogens is 5. The van der Waals surface area contributed by atoms with E-state index in [2.05, 4.69) is 83.6 Å². The summed E-state index contributed by atoms with van der Waals surface area (Å²) in [5.41, 5.74) is 8.15. The predicted molar refractivity (Wildman–Crippen MR) is 145 cm³/mol. The Morgan fingerprint density at radius 2 is 1.57 bits per heavy atom. The monoisotopic (exact) mass is 511 g/mol. The van der Waals surface area contributed by atoms with Gasteiger partial charge in [-0.2, -0.15) is 10.2 Å². The van der Waals surface area contributed by atoms with Gasteiger partial charge in [0, 0.05) is 11.5 Å². The van der Waals surface area contributed by atoms with Gasteiger partial charge in [0.1, 0.15) is 6.33 Å². The van der Waals surface area contributed by atoms with Crippen LogP contribution in [0.4, 0.5) is 0 Å². The number of nitrogens with one attached hydrogen (secondary N) is 1. The number of benzene rings is 3. The highest BCUT2D eigenvalue weighted by Gasteiger charge is 2.27. The second-order valence-electron chi connectivity index (χ2n) is 9.52. The predicted octanol–water partition coefficient (Wildman–Crippen LogP) is 5.38. The molecule has 5 rings (SSSR count). The Bertz CT molecular complexity index is 1540. The zero-order valence-corrected chi connectivity index (χ0v) is 21.9. The average molecular weight is 512 g/mol. The van der Waals surface area contributed by atoms with Gasteiger partial charge in [-0.3, -0.25) is 5.10 Å². The summed E-state index contributed by atoms with van der Waals surface area (Å²) in [6, 6.07) is 26.6. The molecule has 0 amide bonds. The highest BCUT2D eigenvalue weighted by molar-refractivity contribution is 7.91. The molecule has 1 atom stereocenters. The molecule has 2 aromatic heterocycles. The van der Waals surface area contributed by atoms with Gasteiger partial charge in [-0.1, -0.05) is 77.4 Å². The van der Waals surface area contributed by atoms with E-state index < -0.39 is 9.84 Å². The lowest BCUT2D eigenvalue weighted by molar-refractivity contribution is 0.577. The van der Waals surface area contributed by atoms with Crippen molar-refractivity contribution in [3.05, 3.63) is 113 Å². The summed E-state index contributed by atoms with van der Waals surface area (Å²) < 4.78 is 28.3. The molecule has 5 aromatic rings. The summed E-state index contributed by atoms with van der Waals surface area (Å²) in [6.45, 7) is 6.13. The number of hydrogen-bond donors (Lipinski definition) is 1. The second-order valence-corrected chi connectivity index (χ2v) is 11.5. The summed E-state index contributed by atoms with van der Waals surface area (Å²) in [6.07, 6.45) is 1.67. The molecule has 3 aromatic carbocycles. The Morgan fingerprint density at radius 3 is 2.22 bits per heavy atom. The van der Waals surface area contributed by atoms with E-state index in [0.29, 0.717) is 6.42 Å². The van der Waals surface area contributed by atoms with E-state index in [1.165, 1.54) is 17.5 Å². The number of nitrogens with zero attached hydrogens (tertiary/aromatic N) is 4. The first-order valence-corrected chi connectivity index (χ1v) is 13.8. The van der Waals surface area contributed by atoms with Crippen molar-refractivity contribution < 1.29 is 8.42 Å². The van der Waals surface area contributed by atoms with Crippen molar-refractivity contribution in [1.82, 2.24) is 25.0 Å². The molecule has 8 heteroatoms. The van der Waals surface area contributed by atoms with Crippen molar-refractivity contribution in [1.29, 1.82) is 0 Å². The molecule has 0 bridgehead atoms. The highest BCUT2D eigenvalue weighted by Crippen LogP contribution is 2.29. The van der Waals surface area contributed by atoms with Crippen LogP contribution in [-0.2, 0) is 16.3 Å². The fourth-order valence-corrected chi connectivity index (χ4v) is 5.88. The van der Waals surface area contributed by atoms with Gasteiger partial charge in [0.25, 0.3) is 0 Å². The third-order valence-corrected chi connectivity index (χ3v) is 8.09. The first kappa shape index (κ1) is 24.6. The Balaban J connectivity index is 1.57. The first-order chi connectivity index (χ1) is 17.8. The van der Waals surface area contributed by atoms with Crippen LogP contribution in [-0.4, -0.2) is 39.1 Å².